The van der Waals surface area contributed by atoms with E-state index in [-0.39, 0.29) is 4.87 Å². The molecule has 1 atom stereocenters. The lowest BCUT2D eigenvalue weighted by Gasteiger charge is -2.13. The van der Waals surface area contributed by atoms with Crippen LogP contribution in [0.1, 0.15) is 27.2 Å². The van der Waals surface area contributed by atoms with Gasteiger partial charge in [-0.2, -0.15) is 0 Å². The van der Waals surface area contributed by atoms with Crippen LogP contribution in [0.2, 0.25) is 0 Å². The molecule has 1 unspecified atom stereocenters. The molecule has 9 heavy (non-hydrogen) atoms. The summed E-state index contributed by atoms with van der Waals surface area (Å²) >= 11 is 1.95. The van der Waals surface area contributed by atoms with Crippen LogP contribution in [0.5, 0.6) is 0 Å². The van der Waals surface area contributed by atoms with Gasteiger partial charge in [0.15, 0.2) is 0 Å². The fourth-order valence-electron chi connectivity index (χ4n) is 0.883. The zero-order chi connectivity index (χ0) is 6.91. The van der Waals surface area contributed by atoms with Crippen molar-refractivity contribution in [2.45, 2.75) is 37.3 Å². The summed E-state index contributed by atoms with van der Waals surface area (Å²) < 4.78 is 0. The predicted molar refractivity (Wildman–Crippen MR) is 44.2 cm³/mol. The smallest absolute Gasteiger partial charge is 0.100 e. The normalized spacial score (nSPS) is 31.2. The summed E-state index contributed by atoms with van der Waals surface area (Å²) in [5.74, 6) is 0. The van der Waals surface area contributed by atoms with Crippen molar-refractivity contribution in [2.24, 2.45) is 4.99 Å². The van der Waals surface area contributed by atoms with Gasteiger partial charge >= 0.3 is 0 Å². The molecule has 1 aliphatic heterocycles. The highest BCUT2D eigenvalue weighted by atomic mass is 32.2. The summed E-state index contributed by atoms with van der Waals surface area (Å²) in [6.07, 6.45) is 3.28. The number of thioether (sulfide) groups is 1. The molecule has 0 bridgehead atoms. The van der Waals surface area contributed by atoms with E-state index >= 15 is 0 Å². The van der Waals surface area contributed by atoms with E-state index in [4.69, 9.17) is 0 Å². The van der Waals surface area contributed by atoms with Crippen molar-refractivity contribution in [3.05, 3.63) is 0 Å². The highest BCUT2D eigenvalue weighted by molar-refractivity contribution is 8.02. The van der Waals surface area contributed by atoms with E-state index in [1.54, 1.807) is 0 Å². The third kappa shape index (κ3) is 1.71. The number of hydrogen-bond donors (Lipinski definition) is 0. The molecule has 52 valence electrons. The van der Waals surface area contributed by atoms with Crippen LogP contribution >= 0.6 is 11.8 Å². The Balaban J connectivity index is 2.50. The Labute approximate surface area is 60.9 Å². The van der Waals surface area contributed by atoms with Crippen molar-refractivity contribution >= 4 is 18.0 Å². The molecule has 0 aromatic heterocycles. The Kier molecular flexibility index (Phi) is 1.85. The molecule has 0 saturated carbocycles. The Morgan fingerprint density at radius 1 is 1.67 bits per heavy atom. The van der Waals surface area contributed by atoms with E-state index in [1.807, 2.05) is 11.8 Å². The molecule has 1 nitrogen and oxygen atoms in total. The summed E-state index contributed by atoms with van der Waals surface area (Å²) in [6, 6.07) is 0. The van der Waals surface area contributed by atoms with E-state index in [1.165, 1.54) is 6.42 Å². The lowest BCUT2D eigenvalue weighted by atomic mass is 10.3. The number of nitrogens with zero attached hydrogens (tertiary/aromatic N) is 1. The first-order valence-corrected chi connectivity index (χ1v) is 4.25. The van der Waals surface area contributed by atoms with Crippen LogP contribution in [0.4, 0.5) is 0 Å². The Morgan fingerprint density at radius 2 is 2.33 bits per heavy atom. The van der Waals surface area contributed by atoms with Gasteiger partial charge in [0.2, 0.25) is 0 Å². The first-order valence-electron chi connectivity index (χ1n) is 3.37. The first-order chi connectivity index (χ1) is 4.14. The van der Waals surface area contributed by atoms with E-state index in [0.717, 1.165) is 0 Å². The molecule has 2 heteroatoms. The minimum absolute atomic E-state index is 0.153. The molecule has 0 aromatic carbocycles. The van der Waals surface area contributed by atoms with Crippen molar-refractivity contribution in [3.63, 3.8) is 0 Å². The van der Waals surface area contributed by atoms with Gasteiger partial charge in [0, 0.05) is 11.5 Å². The summed E-state index contributed by atoms with van der Waals surface area (Å²) in [5, 5.41) is 0.667. The highest BCUT2D eigenvalue weighted by Crippen LogP contribution is 2.35. The van der Waals surface area contributed by atoms with Gasteiger partial charge < -0.3 is 0 Å². The molecular formula is C7H13NS. The molecule has 0 spiro atoms. The quantitative estimate of drug-likeness (QED) is 0.548. The van der Waals surface area contributed by atoms with Crippen LogP contribution in [0.3, 0.4) is 0 Å². The second-order valence-corrected chi connectivity index (χ2v) is 4.63. The summed E-state index contributed by atoms with van der Waals surface area (Å²) in [5.41, 5.74) is 0. The van der Waals surface area contributed by atoms with Crippen molar-refractivity contribution < 1.29 is 0 Å². The lowest BCUT2D eigenvalue weighted by Crippen LogP contribution is -2.07. The topological polar surface area (TPSA) is 12.4 Å². The minimum atomic E-state index is 0.153. The maximum Gasteiger partial charge on any atom is 0.100 e. The number of rotatable bonds is 1. The zero-order valence-electron chi connectivity index (χ0n) is 6.22. The van der Waals surface area contributed by atoms with Gasteiger partial charge in [0.05, 0.1) is 0 Å². The summed E-state index contributed by atoms with van der Waals surface area (Å²) in [6.45, 7) is 6.51. The van der Waals surface area contributed by atoms with Crippen LogP contribution in [-0.4, -0.2) is 16.3 Å². The molecular weight excluding hydrogens is 130 g/mol. The molecule has 0 aromatic rings. The Hall–Kier alpha value is 0.0200. The van der Waals surface area contributed by atoms with Crippen LogP contribution in [0.25, 0.3) is 0 Å². The first kappa shape index (κ1) is 7.13. The summed E-state index contributed by atoms with van der Waals surface area (Å²) in [7, 11) is 0. The largest absolute Gasteiger partial charge is 0.279 e. The molecule has 0 fully saturated rings. The van der Waals surface area contributed by atoms with Crippen LogP contribution < -0.4 is 0 Å². The van der Waals surface area contributed by atoms with Crippen LogP contribution in [0, 0.1) is 0 Å². The Bertz CT molecular complexity index is 129. The van der Waals surface area contributed by atoms with Crippen molar-refractivity contribution in [2.75, 3.05) is 0 Å². The van der Waals surface area contributed by atoms with Gasteiger partial charge in [-0.25, -0.2) is 0 Å². The molecule has 0 saturated heterocycles. The van der Waals surface area contributed by atoms with Gasteiger partial charge in [-0.05, 0) is 20.3 Å². The van der Waals surface area contributed by atoms with E-state index < -0.39 is 0 Å². The molecule has 1 rings (SSSR count). The second kappa shape index (κ2) is 2.33. The summed E-state index contributed by atoms with van der Waals surface area (Å²) in [4.78, 5) is 4.51. The fourth-order valence-corrected chi connectivity index (χ4v) is 2.03. The Morgan fingerprint density at radius 3 is 2.56 bits per heavy atom. The maximum absolute atomic E-state index is 4.36. The monoisotopic (exact) mass is 143 g/mol. The molecule has 0 aliphatic carbocycles. The third-order valence-electron chi connectivity index (χ3n) is 1.39. The number of hydrogen-bond acceptors (Lipinski definition) is 2. The van der Waals surface area contributed by atoms with E-state index in [0.29, 0.717) is 5.25 Å². The molecule has 0 N–H and O–H groups in total. The van der Waals surface area contributed by atoms with Gasteiger partial charge in [-0.3, -0.25) is 4.99 Å². The average Bonchev–Trinajstić information content (AvgIpc) is 2.10. The third-order valence-corrected chi connectivity index (χ3v) is 2.83. The minimum Gasteiger partial charge on any atom is -0.279 e. The molecule has 0 radical (unpaired) electrons. The van der Waals surface area contributed by atoms with Gasteiger partial charge in [0.25, 0.3) is 0 Å². The van der Waals surface area contributed by atoms with Gasteiger partial charge in [-0.1, -0.05) is 6.92 Å². The average molecular weight is 143 g/mol. The predicted octanol–water partition coefficient (Wildman–Crippen LogP) is 2.32. The van der Waals surface area contributed by atoms with Gasteiger partial charge in [-0.15, -0.1) is 11.8 Å². The van der Waals surface area contributed by atoms with Crippen LogP contribution in [-0.2, 0) is 0 Å². The maximum atomic E-state index is 4.36. The number of aliphatic imine (C=N–C) groups is 1. The van der Waals surface area contributed by atoms with Crippen LogP contribution in [0.15, 0.2) is 4.99 Å². The second-order valence-electron chi connectivity index (χ2n) is 2.79. The van der Waals surface area contributed by atoms with Crippen molar-refractivity contribution in [1.29, 1.82) is 0 Å². The molecule has 0 amide bonds. The van der Waals surface area contributed by atoms with E-state index in [2.05, 4.69) is 32.0 Å². The van der Waals surface area contributed by atoms with Gasteiger partial charge in [0.1, 0.15) is 4.87 Å². The fraction of sp³-hybridized carbons (Fsp3) is 0.857. The zero-order valence-corrected chi connectivity index (χ0v) is 7.03. The van der Waals surface area contributed by atoms with Crippen molar-refractivity contribution in [1.82, 2.24) is 0 Å². The lowest BCUT2D eigenvalue weighted by molar-refractivity contribution is 0.775. The van der Waals surface area contributed by atoms with E-state index in [9.17, 15) is 0 Å². The molecule has 1 aliphatic rings. The SMILES string of the molecule is CCC1C=NC(C)(C)S1. The standard InChI is InChI=1S/C7H13NS/c1-4-6-5-8-7(2,3)9-6/h5-6H,4H2,1-3H3. The molecule has 1 heterocycles. The van der Waals surface area contributed by atoms with Crippen molar-refractivity contribution in [3.8, 4) is 0 Å². The highest BCUT2D eigenvalue weighted by Gasteiger charge is 2.25.